The Labute approximate surface area is 108 Å². The summed E-state index contributed by atoms with van der Waals surface area (Å²) >= 11 is 0. The molecule has 0 aliphatic heterocycles. The van der Waals surface area contributed by atoms with Gasteiger partial charge in [-0.2, -0.15) is 5.10 Å². The summed E-state index contributed by atoms with van der Waals surface area (Å²) in [6, 6.07) is 4.03. The second kappa shape index (κ2) is 7.97. The molecule has 0 spiro atoms. The molecule has 1 atom stereocenters. The van der Waals surface area contributed by atoms with Crippen LogP contribution in [0, 0.1) is 0 Å². The number of aromatic nitrogens is 2. The molecule has 0 fully saturated rings. The van der Waals surface area contributed by atoms with Gasteiger partial charge in [0.25, 0.3) is 0 Å². The molecule has 0 aromatic carbocycles. The molecule has 0 aliphatic carbocycles. The minimum Gasteiger partial charge on any atom is -0.383 e. The van der Waals surface area contributed by atoms with Crippen LogP contribution in [-0.2, 0) is 16.0 Å². The Balaban J connectivity index is 2.79. The van der Waals surface area contributed by atoms with Gasteiger partial charge in [-0.3, -0.25) is 0 Å². The van der Waals surface area contributed by atoms with E-state index in [2.05, 4.69) is 22.0 Å². The zero-order chi connectivity index (χ0) is 13.4. The fourth-order valence-corrected chi connectivity index (χ4v) is 1.70. The number of nitrogens with zero attached hydrogens (tertiary/aromatic N) is 3. The van der Waals surface area contributed by atoms with E-state index in [1.165, 1.54) is 0 Å². The molecule has 0 amide bonds. The van der Waals surface area contributed by atoms with Crippen LogP contribution in [0.3, 0.4) is 0 Å². The molecule has 0 saturated carbocycles. The van der Waals surface area contributed by atoms with Gasteiger partial charge in [-0.1, -0.05) is 0 Å². The normalized spacial score (nSPS) is 12.4. The fraction of sp³-hybridized carbons (Fsp3) is 0.667. The van der Waals surface area contributed by atoms with Crippen molar-refractivity contribution in [3.05, 3.63) is 17.8 Å². The number of hydrogen-bond donors (Lipinski definition) is 1. The largest absolute Gasteiger partial charge is 0.383 e. The molecule has 2 N–H and O–H groups in total. The number of nitrogens with two attached hydrogens (primary N) is 1. The predicted molar refractivity (Wildman–Crippen MR) is 70.5 cm³/mol. The Kier molecular flexibility index (Phi) is 6.56. The first-order valence-electron chi connectivity index (χ1n) is 6.00. The predicted octanol–water partition coefficient (Wildman–Crippen LogP) is 0.423. The van der Waals surface area contributed by atoms with Gasteiger partial charge in [0, 0.05) is 27.3 Å². The van der Waals surface area contributed by atoms with Crippen LogP contribution in [0.4, 0.5) is 5.82 Å². The van der Waals surface area contributed by atoms with Crippen LogP contribution in [0.2, 0.25) is 0 Å². The maximum Gasteiger partial charge on any atom is 0.151 e. The first-order chi connectivity index (χ1) is 8.72. The third-order valence-electron chi connectivity index (χ3n) is 2.69. The van der Waals surface area contributed by atoms with Crippen LogP contribution >= 0.6 is 0 Å². The molecule has 18 heavy (non-hydrogen) atoms. The lowest BCUT2D eigenvalue weighted by molar-refractivity contribution is 0.170. The van der Waals surface area contributed by atoms with Crippen molar-refractivity contribution in [2.45, 2.75) is 19.5 Å². The molecule has 1 aromatic rings. The number of methoxy groups -OCH3 is 2. The van der Waals surface area contributed by atoms with Crippen molar-refractivity contribution in [3.8, 4) is 0 Å². The highest BCUT2D eigenvalue weighted by atomic mass is 16.5. The van der Waals surface area contributed by atoms with Crippen molar-refractivity contribution >= 4 is 5.82 Å². The fourth-order valence-electron chi connectivity index (χ4n) is 1.70. The lowest BCUT2D eigenvalue weighted by Crippen LogP contribution is -2.39. The third kappa shape index (κ3) is 4.21. The van der Waals surface area contributed by atoms with Gasteiger partial charge in [-0.05, 0) is 19.1 Å². The topological polar surface area (TPSA) is 73.5 Å². The van der Waals surface area contributed by atoms with E-state index in [0.717, 1.165) is 18.1 Å². The van der Waals surface area contributed by atoms with E-state index in [1.807, 2.05) is 12.1 Å². The minimum atomic E-state index is 0.211. The average Bonchev–Trinajstić information content (AvgIpc) is 2.40. The highest BCUT2D eigenvalue weighted by molar-refractivity contribution is 5.38. The third-order valence-corrected chi connectivity index (χ3v) is 2.69. The first kappa shape index (κ1) is 14.8. The number of ether oxygens (including phenoxy) is 2. The minimum absolute atomic E-state index is 0.211. The van der Waals surface area contributed by atoms with Gasteiger partial charge in [0.15, 0.2) is 5.82 Å². The second-order valence-corrected chi connectivity index (χ2v) is 4.08. The Morgan fingerprint density at radius 2 is 2.06 bits per heavy atom. The summed E-state index contributed by atoms with van der Waals surface area (Å²) in [5.41, 5.74) is 6.29. The van der Waals surface area contributed by atoms with Crippen molar-refractivity contribution in [1.29, 1.82) is 0 Å². The summed E-state index contributed by atoms with van der Waals surface area (Å²) < 4.78 is 10.3. The maximum atomic E-state index is 5.51. The second-order valence-electron chi connectivity index (χ2n) is 4.08. The van der Waals surface area contributed by atoms with Crippen molar-refractivity contribution in [3.63, 3.8) is 0 Å². The Morgan fingerprint density at radius 3 is 2.56 bits per heavy atom. The lowest BCUT2D eigenvalue weighted by atomic mass is 10.3. The lowest BCUT2D eigenvalue weighted by Gasteiger charge is -2.29. The molecule has 6 heteroatoms. The van der Waals surface area contributed by atoms with E-state index in [0.29, 0.717) is 19.8 Å². The Hall–Kier alpha value is -1.24. The molecule has 1 rings (SSSR count). The van der Waals surface area contributed by atoms with Crippen molar-refractivity contribution < 1.29 is 9.47 Å². The highest BCUT2D eigenvalue weighted by Gasteiger charge is 2.15. The van der Waals surface area contributed by atoms with Crippen LogP contribution in [-0.4, -0.2) is 50.2 Å². The van der Waals surface area contributed by atoms with E-state index >= 15 is 0 Å². The van der Waals surface area contributed by atoms with Gasteiger partial charge in [-0.15, -0.1) is 5.10 Å². The standard InChI is InChI=1S/C12H22N4O2/c1-10(9-18-3)16(6-7-17-2)12-5-4-11(8-13)14-15-12/h4-5,10H,6-9,13H2,1-3H3. The summed E-state index contributed by atoms with van der Waals surface area (Å²) in [7, 11) is 3.37. The van der Waals surface area contributed by atoms with Crippen molar-refractivity contribution in [2.75, 3.05) is 38.9 Å². The van der Waals surface area contributed by atoms with Crippen LogP contribution in [0.15, 0.2) is 12.1 Å². The Morgan fingerprint density at radius 1 is 1.28 bits per heavy atom. The number of hydrogen-bond acceptors (Lipinski definition) is 6. The molecule has 0 aliphatic rings. The van der Waals surface area contributed by atoms with E-state index < -0.39 is 0 Å². The molecule has 6 nitrogen and oxygen atoms in total. The SMILES string of the molecule is COCCN(c1ccc(CN)nn1)C(C)COC. The molecule has 1 heterocycles. The molecule has 1 aromatic heterocycles. The van der Waals surface area contributed by atoms with Gasteiger partial charge in [-0.25, -0.2) is 0 Å². The summed E-state index contributed by atoms with van der Waals surface area (Å²) in [4.78, 5) is 2.11. The van der Waals surface area contributed by atoms with E-state index in [4.69, 9.17) is 15.2 Å². The average molecular weight is 254 g/mol. The van der Waals surface area contributed by atoms with Gasteiger partial charge < -0.3 is 20.1 Å². The molecule has 1 unspecified atom stereocenters. The molecule has 0 saturated heterocycles. The zero-order valence-corrected chi connectivity index (χ0v) is 11.3. The summed E-state index contributed by atoms with van der Waals surface area (Å²) in [5, 5.41) is 8.26. The molecule has 102 valence electrons. The number of anilines is 1. The van der Waals surface area contributed by atoms with Gasteiger partial charge in [0.2, 0.25) is 0 Å². The van der Waals surface area contributed by atoms with Gasteiger partial charge in [0.1, 0.15) is 0 Å². The van der Waals surface area contributed by atoms with E-state index in [-0.39, 0.29) is 6.04 Å². The van der Waals surface area contributed by atoms with Gasteiger partial charge >= 0.3 is 0 Å². The van der Waals surface area contributed by atoms with Crippen LogP contribution in [0.1, 0.15) is 12.6 Å². The first-order valence-corrected chi connectivity index (χ1v) is 6.00. The molecular formula is C12H22N4O2. The molecule has 0 bridgehead atoms. The monoisotopic (exact) mass is 254 g/mol. The summed E-state index contributed by atoms with van der Waals surface area (Å²) in [6.07, 6.45) is 0. The smallest absolute Gasteiger partial charge is 0.151 e. The van der Waals surface area contributed by atoms with E-state index in [1.54, 1.807) is 14.2 Å². The van der Waals surface area contributed by atoms with Crippen LogP contribution in [0.25, 0.3) is 0 Å². The quantitative estimate of drug-likeness (QED) is 0.725. The molecule has 0 radical (unpaired) electrons. The molecular weight excluding hydrogens is 232 g/mol. The van der Waals surface area contributed by atoms with Crippen LogP contribution < -0.4 is 10.6 Å². The zero-order valence-electron chi connectivity index (χ0n) is 11.3. The van der Waals surface area contributed by atoms with Gasteiger partial charge in [0.05, 0.1) is 24.9 Å². The number of rotatable bonds is 8. The van der Waals surface area contributed by atoms with Crippen molar-refractivity contribution in [2.24, 2.45) is 5.73 Å². The maximum absolute atomic E-state index is 5.51. The van der Waals surface area contributed by atoms with Crippen LogP contribution in [0.5, 0.6) is 0 Å². The summed E-state index contributed by atoms with van der Waals surface area (Å²) in [5.74, 6) is 0.814. The van der Waals surface area contributed by atoms with E-state index in [9.17, 15) is 0 Å². The highest BCUT2D eigenvalue weighted by Crippen LogP contribution is 2.13. The summed E-state index contributed by atoms with van der Waals surface area (Å²) in [6.45, 7) is 4.49. The van der Waals surface area contributed by atoms with Crippen molar-refractivity contribution in [1.82, 2.24) is 10.2 Å². The Bertz CT molecular complexity index is 331.